The number of rotatable bonds is 6. The molecule has 0 aliphatic heterocycles. The summed E-state index contributed by atoms with van der Waals surface area (Å²) >= 11 is 0. The smallest absolute Gasteiger partial charge is 0.193 e. The summed E-state index contributed by atoms with van der Waals surface area (Å²) in [6.45, 7) is 4.41. The van der Waals surface area contributed by atoms with Crippen LogP contribution in [-0.4, -0.2) is 41.3 Å². The molecule has 0 spiro atoms. The number of guanidine groups is 1. The SMILES string of the molecule is CN=C(NCCCn1cc(C)cn1)N(C)Cc1ccc(F)cc1. The zero-order valence-electron chi connectivity index (χ0n) is 14.0. The van der Waals surface area contributed by atoms with Crippen molar-refractivity contribution < 1.29 is 4.39 Å². The number of aliphatic imine (C=N–C) groups is 1. The van der Waals surface area contributed by atoms with Gasteiger partial charge in [0.15, 0.2) is 5.96 Å². The maximum atomic E-state index is 12.9. The number of nitrogens with zero attached hydrogens (tertiary/aromatic N) is 4. The fourth-order valence-electron chi connectivity index (χ4n) is 2.35. The molecule has 6 heteroatoms. The lowest BCUT2D eigenvalue weighted by atomic mass is 10.2. The van der Waals surface area contributed by atoms with E-state index in [-0.39, 0.29) is 5.82 Å². The average Bonchev–Trinajstić information content (AvgIpc) is 2.95. The Morgan fingerprint density at radius 1 is 1.35 bits per heavy atom. The van der Waals surface area contributed by atoms with E-state index in [1.54, 1.807) is 19.2 Å². The Labute approximate surface area is 136 Å². The Kier molecular flexibility index (Phi) is 6.14. The summed E-state index contributed by atoms with van der Waals surface area (Å²) in [6, 6.07) is 6.54. The third-order valence-electron chi connectivity index (χ3n) is 3.52. The molecule has 1 N–H and O–H groups in total. The molecule has 0 unspecified atom stereocenters. The highest BCUT2D eigenvalue weighted by molar-refractivity contribution is 5.79. The van der Waals surface area contributed by atoms with E-state index >= 15 is 0 Å². The summed E-state index contributed by atoms with van der Waals surface area (Å²) in [6.07, 6.45) is 4.86. The number of aryl methyl sites for hydroxylation is 2. The molecule has 2 aromatic rings. The third kappa shape index (κ3) is 5.39. The van der Waals surface area contributed by atoms with Crippen molar-refractivity contribution in [3.8, 4) is 0 Å². The van der Waals surface area contributed by atoms with Gasteiger partial charge in [-0.2, -0.15) is 5.10 Å². The van der Waals surface area contributed by atoms with Gasteiger partial charge < -0.3 is 10.2 Å². The number of nitrogens with one attached hydrogen (secondary N) is 1. The van der Waals surface area contributed by atoms with Gasteiger partial charge in [-0.1, -0.05) is 12.1 Å². The molecule has 0 bridgehead atoms. The van der Waals surface area contributed by atoms with Crippen molar-refractivity contribution in [2.24, 2.45) is 4.99 Å². The maximum Gasteiger partial charge on any atom is 0.193 e. The van der Waals surface area contributed by atoms with Crippen LogP contribution >= 0.6 is 0 Å². The normalized spacial score (nSPS) is 11.6. The van der Waals surface area contributed by atoms with Crippen molar-refractivity contribution >= 4 is 5.96 Å². The molecule has 0 aliphatic rings. The van der Waals surface area contributed by atoms with E-state index in [9.17, 15) is 4.39 Å². The molecular weight excluding hydrogens is 293 g/mol. The van der Waals surface area contributed by atoms with Gasteiger partial charge in [-0.3, -0.25) is 9.67 Å². The molecule has 1 heterocycles. The summed E-state index contributed by atoms with van der Waals surface area (Å²) in [5, 5.41) is 7.61. The Bertz CT molecular complexity index is 633. The highest BCUT2D eigenvalue weighted by Gasteiger charge is 2.06. The molecule has 0 radical (unpaired) electrons. The fraction of sp³-hybridized carbons (Fsp3) is 0.412. The number of benzene rings is 1. The van der Waals surface area contributed by atoms with E-state index in [0.717, 1.165) is 31.0 Å². The van der Waals surface area contributed by atoms with E-state index < -0.39 is 0 Å². The minimum absolute atomic E-state index is 0.215. The molecule has 0 atom stereocenters. The summed E-state index contributed by atoms with van der Waals surface area (Å²) in [5.74, 6) is 0.610. The minimum Gasteiger partial charge on any atom is -0.356 e. The zero-order chi connectivity index (χ0) is 16.7. The second-order valence-corrected chi connectivity index (χ2v) is 5.59. The summed E-state index contributed by atoms with van der Waals surface area (Å²) in [7, 11) is 3.73. The van der Waals surface area contributed by atoms with Gasteiger partial charge in [0, 0.05) is 39.9 Å². The Balaban J connectivity index is 1.76. The van der Waals surface area contributed by atoms with Gasteiger partial charge in [0.05, 0.1) is 6.20 Å². The van der Waals surface area contributed by atoms with Crippen LogP contribution in [-0.2, 0) is 13.1 Å². The van der Waals surface area contributed by atoms with Crippen LogP contribution in [0.15, 0.2) is 41.7 Å². The van der Waals surface area contributed by atoms with Crippen molar-refractivity contribution in [2.45, 2.75) is 26.4 Å². The van der Waals surface area contributed by atoms with Crippen molar-refractivity contribution in [2.75, 3.05) is 20.6 Å². The first-order chi connectivity index (χ1) is 11.1. The van der Waals surface area contributed by atoms with Gasteiger partial charge in [0.2, 0.25) is 0 Å². The second-order valence-electron chi connectivity index (χ2n) is 5.59. The third-order valence-corrected chi connectivity index (χ3v) is 3.52. The van der Waals surface area contributed by atoms with Gasteiger partial charge in [0.25, 0.3) is 0 Å². The van der Waals surface area contributed by atoms with Crippen molar-refractivity contribution in [1.82, 2.24) is 20.0 Å². The summed E-state index contributed by atoms with van der Waals surface area (Å²) < 4.78 is 14.9. The van der Waals surface area contributed by atoms with Gasteiger partial charge in [0.1, 0.15) is 5.82 Å². The Hall–Kier alpha value is -2.37. The number of hydrogen-bond acceptors (Lipinski definition) is 2. The number of hydrogen-bond donors (Lipinski definition) is 1. The standard InChI is InChI=1S/C17H24FN5/c1-14-11-21-23(12-14)10-4-9-20-17(19-2)22(3)13-15-5-7-16(18)8-6-15/h5-8,11-12H,4,9-10,13H2,1-3H3,(H,19,20). The van der Waals surface area contributed by atoms with Crippen molar-refractivity contribution in [1.29, 1.82) is 0 Å². The summed E-state index contributed by atoms with van der Waals surface area (Å²) in [4.78, 5) is 6.30. The predicted molar refractivity (Wildman–Crippen MR) is 90.8 cm³/mol. The lowest BCUT2D eigenvalue weighted by Gasteiger charge is -2.22. The molecule has 0 aliphatic carbocycles. The van der Waals surface area contributed by atoms with Gasteiger partial charge >= 0.3 is 0 Å². The largest absolute Gasteiger partial charge is 0.356 e. The van der Waals surface area contributed by atoms with Crippen LogP contribution in [0.4, 0.5) is 4.39 Å². The molecule has 1 aromatic carbocycles. The topological polar surface area (TPSA) is 45.5 Å². The van der Waals surface area contributed by atoms with E-state index in [2.05, 4.69) is 15.4 Å². The quantitative estimate of drug-likeness (QED) is 0.506. The molecule has 0 fully saturated rings. The van der Waals surface area contributed by atoms with Crippen LogP contribution in [0.3, 0.4) is 0 Å². The lowest BCUT2D eigenvalue weighted by molar-refractivity contribution is 0.470. The Morgan fingerprint density at radius 2 is 2.09 bits per heavy atom. The van der Waals surface area contributed by atoms with Crippen LogP contribution in [0.1, 0.15) is 17.5 Å². The number of halogens is 1. The van der Waals surface area contributed by atoms with Crippen LogP contribution in [0.5, 0.6) is 0 Å². The van der Waals surface area contributed by atoms with Crippen LogP contribution in [0.25, 0.3) is 0 Å². The molecule has 0 saturated heterocycles. The monoisotopic (exact) mass is 317 g/mol. The van der Waals surface area contributed by atoms with E-state index in [4.69, 9.17) is 0 Å². The van der Waals surface area contributed by atoms with Gasteiger partial charge in [-0.05, 0) is 36.6 Å². The maximum absolute atomic E-state index is 12.9. The molecule has 5 nitrogen and oxygen atoms in total. The lowest BCUT2D eigenvalue weighted by Crippen LogP contribution is -2.39. The molecule has 124 valence electrons. The molecule has 23 heavy (non-hydrogen) atoms. The molecular formula is C17H24FN5. The first-order valence-corrected chi connectivity index (χ1v) is 7.74. The van der Waals surface area contributed by atoms with E-state index in [0.29, 0.717) is 6.54 Å². The molecule has 2 rings (SSSR count). The average molecular weight is 317 g/mol. The van der Waals surface area contributed by atoms with E-state index in [1.165, 1.54) is 17.7 Å². The molecule has 0 amide bonds. The van der Waals surface area contributed by atoms with Crippen molar-refractivity contribution in [3.05, 3.63) is 53.6 Å². The zero-order valence-corrected chi connectivity index (χ0v) is 14.0. The Morgan fingerprint density at radius 3 is 2.70 bits per heavy atom. The second kappa shape index (κ2) is 8.31. The van der Waals surface area contributed by atoms with Crippen LogP contribution in [0.2, 0.25) is 0 Å². The van der Waals surface area contributed by atoms with Crippen LogP contribution < -0.4 is 5.32 Å². The molecule has 1 aromatic heterocycles. The number of aromatic nitrogens is 2. The minimum atomic E-state index is -0.215. The summed E-state index contributed by atoms with van der Waals surface area (Å²) in [5.41, 5.74) is 2.22. The van der Waals surface area contributed by atoms with Crippen molar-refractivity contribution in [3.63, 3.8) is 0 Å². The highest BCUT2D eigenvalue weighted by Crippen LogP contribution is 2.05. The van der Waals surface area contributed by atoms with Crippen LogP contribution in [0, 0.1) is 12.7 Å². The van der Waals surface area contributed by atoms with Gasteiger partial charge in [-0.15, -0.1) is 0 Å². The fourth-order valence-corrected chi connectivity index (χ4v) is 2.35. The highest BCUT2D eigenvalue weighted by atomic mass is 19.1. The first-order valence-electron chi connectivity index (χ1n) is 7.74. The van der Waals surface area contributed by atoms with E-state index in [1.807, 2.05) is 35.9 Å². The predicted octanol–water partition coefficient (Wildman–Crippen LogP) is 2.43. The molecule has 0 saturated carbocycles. The van der Waals surface area contributed by atoms with Gasteiger partial charge in [-0.25, -0.2) is 4.39 Å². The first kappa shape index (κ1) is 17.0.